The first-order chi connectivity index (χ1) is 13.0. The molecule has 1 N–H and O–H groups in total. The second-order valence-electron chi connectivity index (χ2n) is 6.12. The summed E-state index contributed by atoms with van der Waals surface area (Å²) in [5, 5.41) is 9.08. The monoisotopic (exact) mass is 383 g/mol. The van der Waals surface area contributed by atoms with Crippen molar-refractivity contribution in [3.63, 3.8) is 0 Å². The van der Waals surface area contributed by atoms with Gasteiger partial charge in [0.05, 0.1) is 11.4 Å². The first-order valence-electron chi connectivity index (χ1n) is 8.62. The minimum absolute atomic E-state index is 0.0662. The van der Waals surface area contributed by atoms with E-state index in [-0.39, 0.29) is 18.1 Å². The zero-order valence-electron chi connectivity index (χ0n) is 15.3. The van der Waals surface area contributed by atoms with Gasteiger partial charge in [-0.1, -0.05) is 24.3 Å². The number of rotatable bonds is 7. The van der Waals surface area contributed by atoms with Gasteiger partial charge in [-0.3, -0.25) is 9.59 Å². The first-order valence-corrected chi connectivity index (χ1v) is 9.50. The van der Waals surface area contributed by atoms with Gasteiger partial charge in [0.25, 0.3) is 11.5 Å². The molecule has 140 valence electrons. The molecule has 27 heavy (non-hydrogen) atoms. The third kappa shape index (κ3) is 4.83. The average Bonchev–Trinajstić information content (AvgIpc) is 3.17. The Morgan fingerprint density at radius 1 is 1.15 bits per heavy atom. The van der Waals surface area contributed by atoms with Gasteiger partial charge in [0, 0.05) is 12.6 Å². The van der Waals surface area contributed by atoms with Gasteiger partial charge in [-0.05, 0) is 42.5 Å². The molecule has 1 aromatic carbocycles. The molecule has 0 atom stereocenters. The first kappa shape index (κ1) is 18.8. The predicted molar refractivity (Wildman–Crippen MR) is 106 cm³/mol. The minimum Gasteiger partial charge on any atom is -0.483 e. The van der Waals surface area contributed by atoms with E-state index in [4.69, 9.17) is 4.74 Å². The van der Waals surface area contributed by atoms with Crippen LogP contribution in [0.3, 0.4) is 0 Å². The second-order valence-corrected chi connectivity index (χ2v) is 7.06. The zero-order valence-corrected chi connectivity index (χ0v) is 16.1. The summed E-state index contributed by atoms with van der Waals surface area (Å²) < 4.78 is 6.99. The van der Waals surface area contributed by atoms with Gasteiger partial charge < -0.3 is 10.1 Å². The van der Waals surface area contributed by atoms with E-state index in [0.29, 0.717) is 13.1 Å². The van der Waals surface area contributed by atoms with Crippen LogP contribution in [0.1, 0.15) is 11.1 Å². The summed E-state index contributed by atoms with van der Waals surface area (Å²) in [7, 11) is 0. The van der Waals surface area contributed by atoms with Gasteiger partial charge in [-0.25, -0.2) is 4.68 Å². The summed E-state index contributed by atoms with van der Waals surface area (Å²) in [6.07, 6.45) is 0. The lowest BCUT2D eigenvalue weighted by molar-refractivity contribution is -0.123. The van der Waals surface area contributed by atoms with Crippen molar-refractivity contribution in [3.8, 4) is 16.3 Å². The summed E-state index contributed by atoms with van der Waals surface area (Å²) in [6.45, 7) is 4.42. The standard InChI is InChI=1S/C20H21N3O3S/c1-14-5-3-6-15(2)20(14)26-13-18(24)21-10-11-23-19(25)9-8-16(22-23)17-7-4-12-27-17/h3-9,12H,10-11,13H2,1-2H3,(H,21,24). The molecule has 7 heteroatoms. The average molecular weight is 383 g/mol. The molecule has 0 fully saturated rings. The van der Waals surface area contributed by atoms with E-state index >= 15 is 0 Å². The number of aryl methyl sites for hydroxylation is 2. The number of para-hydroxylation sites is 1. The summed E-state index contributed by atoms with van der Waals surface area (Å²) in [4.78, 5) is 25.0. The van der Waals surface area contributed by atoms with Gasteiger partial charge in [0.15, 0.2) is 6.61 Å². The van der Waals surface area contributed by atoms with Gasteiger partial charge in [0.2, 0.25) is 0 Å². The summed E-state index contributed by atoms with van der Waals surface area (Å²) >= 11 is 1.56. The van der Waals surface area contributed by atoms with Crippen molar-refractivity contribution < 1.29 is 9.53 Å². The Labute approximate surface area is 161 Å². The summed E-state index contributed by atoms with van der Waals surface area (Å²) in [5.41, 5.74) is 2.53. The molecule has 0 bridgehead atoms. The number of aromatic nitrogens is 2. The molecule has 6 nitrogen and oxygen atoms in total. The van der Waals surface area contributed by atoms with Crippen molar-refractivity contribution in [2.45, 2.75) is 20.4 Å². The highest BCUT2D eigenvalue weighted by molar-refractivity contribution is 7.13. The van der Waals surface area contributed by atoms with Crippen molar-refractivity contribution in [1.29, 1.82) is 0 Å². The Bertz CT molecular complexity index is 960. The number of nitrogens with one attached hydrogen (secondary N) is 1. The van der Waals surface area contributed by atoms with Crippen LogP contribution in [0.15, 0.2) is 52.6 Å². The van der Waals surface area contributed by atoms with Crippen LogP contribution in [0, 0.1) is 13.8 Å². The van der Waals surface area contributed by atoms with Crippen molar-refractivity contribution >= 4 is 17.2 Å². The molecule has 3 aromatic rings. The van der Waals surface area contributed by atoms with Crippen LogP contribution in [0.5, 0.6) is 5.75 Å². The molecule has 2 heterocycles. The summed E-state index contributed by atoms with van der Waals surface area (Å²) in [5.74, 6) is 0.495. The predicted octanol–water partition coefficient (Wildman–Crippen LogP) is 2.78. The lowest BCUT2D eigenvalue weighted by atomic mass is 10.1. The number of hydrogen-bond acceptors (Lipinski definition) is 5. The van der Waals surface area contributed by atoms with Gasteiger partial charge in [-0.2, -0.15) is 5.10 Å². The van der Waals surface area contributed by atoms with Crippen LogP contribution < -0.4 is 15.6 Å². The maximum absolute atomic E-state index is 12.0. The molecule has 0 unspecified atom stereocenters. The fourth-order valence-electron chi connectivity index (χ4n) is 2.68. The molecule has 0 spiro atoms. The van der Waals surface area contributed by atoms with Crippen molar-refractivity contribution in [2.24, 2.45) is 0 Å². The Kier molecular flexibility index (Phi) is 6.03. The summed E-state index contributed by atoms with van der Waals surface area (Å²) in [6, 6.07) is 12.9. The van der Waals surface area contributed by atoms with E-state index in [1.165, 1.54) is 10.7 Å². The smallest absolute Gasteiger partial charge is 0.266 e. The van der Waals surface area contributed by atoms with E-state index in [9.17, 15) is 9.59 Å². The van der Waals surface area contributed by atoms with Crippen molar-refractivity contribution in [3.05, 3.63) is 69.3 Å². The zero-order chi connectivity index (χ0) is 19.2. The molecule has 0 aliphatic carbocycles. The fraction of sp³-hybridized carbons (Fsp3) is 0.250. The Balaban J connectivity index is 1.53. The van der Waals surface area contributed by atoms with E-state index in [0.717, 1.165) is 27.4 Å². The van der Waals surface area contributed by atoms with Crippen LogP contribution in [0.2, 0.25) is 0 Å². The number of thiophene rings is 1. The Morgan fingerprint density at radius 2 is 1.93 bits per heavy atom. The topological polar surface area (TPSA) is 73.2 Å². The molecule has 1 amide bonds. The van der Waals surface area contributed by atoms with E-state index < -0.39 is 0 Å². The highest BCUT2D eigenvalue weighted by Gasteiger charge is 2.08. The lowest BCUT2D eigenvalue weighted by Gasteiger charge is -2.12. The molecular weight excluding hydrogens is 362 g/mol. The molecule has 2 aromatic heterocycles. The fourth-order valence-corrected chi connectivity index (χ4v) is 3.37. The van der Waals surface area contributed by atoms with E-state index in [1.54, 1.807) is 17.4 Å². The molecule has 0 saturated heterocycles. The van der Waals surface area contributed by atoms with Crippen molar-refractivity contribution in [1.82, 2.24) is 15.1 Å². The molecule has 0 saturated carbocycles. The normalized spacial score (nSPS) is 10.6. The molecule has 0 aliphatic rings. The third-order valence-corrected chi connectivity index (χ3v) is 4.93. The number of hydrogen-bond donors (Lipinski definition) is 1. The van der Waals surface area contributed by atoms with Crippen LogP contribution >= 0.6 is 11.3 Å². The number of carbonyl (C=O) groups excluding carboxylic acids is 1. The number of ether oxygens (including phenoxy) is 1. The quantitative estimate of drug-likeness (QED) is 0.681. The van der Waals surface area contributed by atoms with Crippen LogP contribution in [-0.4, -0.2) is 28.8 Å². The number of amides is 1. The van der Waals surface area contributed by atoms with Gasteiger partial charge in [0.1, 0.15) is 11.4 Å². The van der Waals surface area contributed by atoms with Crippen LogP contribution in [-0.2, 0) is 11.3 Å². The second kappa shape index (κ2) is 8.64. The largest absolute Gasteiger partial charge is 0.483 e. The molecule has 0 aliphatic heterocycles. The van der Waals surface area contributed by atoms with Gasteiger partial charge in [-0.15, -0.1) is 11.3 Å². The minimum atomic E-state index is -0.236. The van der Waals surface area contributed by atoms with Crippen molar-refractivity contribution in [2.75, 3.05) is 13.2 Å². The number of benzene rings is 1. The number of carbonyl (C=O) groups is 1. The Morgan fingerprint density at radius 3 is 2.63 bits per heavy atom. The third-order valence-electron chi connectivity index (χ3n) is 4.04. The molecule has 3 rings (SSSR count). The lowest BCUT2D eigenvalue weighted by Crippen LogP contribution is -2.34. The van der Waals surface area contributed by atoms with E-state index in [1.807, 2.05) is 49.6 Å². The van der Waals surface area contributed by atoms with Crippen LogP contribution in [0.25, 0.3) is 10.6 Å². The molecule has 0 radical (unpaired) electrons. The van der Waals surface area contributed by atoms with E-state index in [2.05, 4.69) is 10.4 Å². The highest BCUT2D eigenvalue weighted by atomic mass is 32.1. The highest BCUT2D eigenvalue weighted by Crippen LogP contribution is 2.22. The molecular formula is C20H21N3O3S. The SMILES string of the molecule is Cc1cccc(C)c1OCC(=O)NCCn1nc(-c2cccs2)ccc1=O. The van der Waals surface area contributed by atoms with Gasteiger partial charge >= 0.3 is 0 Å². The maximum atomic E-state index is 12.0. The van der Waals surface area contributed by atoms with Crippen LogP contribution in [0.4, 0.5) is 0 Å². The number of nitrogens with zero attached hydrogens (tertiary/aromatic N) is 2. The maximum Gasteiger partial charge on any atom is 0.266 e. The Hall–Kier alpha value is -2.93.